The number of benzene rings is 1. The molecule has 0 bridgehead atoms. The van der Waals surface area contributed by atoms with E-state index in [0.29, 0.717) is 19.0 Å². The number of anilines is 1. The van der Waals surface area contributed by atoms with Gasteiger partial charge >= 0.3 is 0 Å². The summed E-state index contributed by atoms with van der Waals surface area (Å²) in [7, 11) is 0. The molecule has 0 fully saturated rings. The maximum atomic E-state index is 11.6. The average molecular weight is 299 g/mol. The van der Waals surface area contributed by atoms with Crippen LogP contribution in [0.5, 0.6) is 0 Å². The smallest absolute Gasteiger partial charge is 0.225 e. The van der Waals surface area contributed by atoms with Gasteiger partial charge in [-0.2, -0.15) is 0 Å². The van der Waals surface area contributed by atoms with Crippen molar-refractivity contribution in [3.05, 3.63) is 28.2 Å². The lowest BCUT2D eigenvalue weighted by atomic mass is 10.2. The zero-order valence-electron chi connectivity index (χ0n) is 10.5. The van der Waals surface area contributed by atoms with Crippen LogP contribution < -0.4 is 10.6 Å². The van der Waals surface area contributed by atoms with E-state index in [1.165, 1.54) is 0 Å². The molecule has 17 heavy (non-hydrogen) atoms. The Kier molecular flexibility index (Phi) is 5.65. The van der Waals surface area contributed by atoms with Gasteiger partial charge in [-0.3, -0.25) is 4.79 Å². The van der Waals surface area contributed by atoms with Crippen molar-refractivity contribution in [2.45, 2.75) is 33.2 Å². The van der Waals surface area contributed by atoms with Crippen LogP contribution in [0.15, 0.2) is 22.7 Å². The lowest BCUT2D eigenvalue weighted by Crippen LogP contribution is -2.27. The minimum atomic E-state index is 0.0415. The van der Waals surface area contributed by atoms with Crippen LogP contribution in [-0.2, 0) is 4.79 Å². The van der Waals surface area contributed by atoms with Crippen molar-refractivity contribution in [3.8, 4) is 0 Å². The number of rotatable bonds is 5. The third-order valence-corrected chi connectivity index (χ3v) is 3.24. The van der Waals surface area contributed by atoms with Crippen LogP contribution in [0.4, 0.5) is 5.69 Å². The van der Waals surface area contributed by atoms with Crippen LogP contribution in [0.25, 0.3) is 0 Å². The molecule has 4 heteroatoms. The normalized spacial score (nSPS) is 10.6. The number of halogens is 1. The Labute approximate surface area is 111 Å². The monoisotopic (exact) mass is 298 g/mol. The van der Waals surface area contributed by atoms with Gasteiger partial charge in [-0.05, 0) is 30.7 Å². The van der Waals surface area contributed by atoms with Gasteiger partial charge in [0.05, 0.1) is 0 Å². The number of carbonyl (C=O) groups is 1. The van der Waals surface area contributed by atoms with E-state index >= 15 is 0 Å². The second-order valence-corrected chi connectivity index (χ2v) is 5.23. The molecule has 1 aromatic rings. The van der Waals surface area contributed by atoms with Gasteiger partial charge in [0.2, 0.25) is 5.91 Å². The summed E-state index contributed by atoms with van der Waals surface area (Å²) in [4.78, 5) is 11.6. The van der Waals surface area contributed by atoms with E-state index in [-0.39, 0.29) is 5.91 Å². The van der Waals surface area contributed by atoms with Crippen molar-refractivity contribution in [1.82, 2.24) is 5.32 Å². The predicted molar refractivity (Wildman–Crippen MR) is 75.3 cm³/mol. The van der Waals surface area contributed by atoms with E-state index in [1.54, 1.807) is 0 Å². The van der Waals surface area contributed by atoms with Crippen LogP contribution >= 0.6 is 15.9 Å². The fraction of sp³-hybridized carbons (Fsp3) is 0.462. The molecule has 0 unspecified atom stereocenters. The van der Waals surface area contributed by atoms with E-state index in [1.807, 2.05) is 25.1 Å². The lowest BCUT2D eigenvalue weighted by Gasteiger charge is -2.09. The van der Waals surface area contributed by atoms with E-state index in [4.69, 9.17) is 0 Å². The minimum Gasteiger partial charge on any atom is -0.326 e. The molecular weight excluding hydrogens is 280 g/mol. The molecule has 0 spiro atoms. The molecule has 1 rings (SSSR count). The highest BCUT2D eigenvalue weighted by Crippen LogP contribution is 2.19. The highest BCUT2D eigenvalue weighted by Gasteiger charge is 2.03. The Balaban J connectivity index is 2.42. The van der Waals surface area contributed by atoms with E-state index < -0.39 is 0 Å². The maximum absolute atomic E-state index is 11.6. The van der Waals surface area contributed by atoms with Crippen molar-refractivity contribution < 1.29 is 4.79 Å². The second-order valence-electron chi connectivity index (χ2n) is 4.37. The van der Waals surface area contributed by atoms with Gasteiger partial charge in [-0.15, -0.1) is 0 Å². The van der Waals surface area contributed by atoms with Gasteiger partial charge in [0.15, 0.2) is 0 Å². The summed E-state index contributed by atoms with van der Waals surface area (Å²) in [5.41, 5.74) is 1.96. The summed E-state index contributed by atoms with van der Waals surface area (Å²) in [6.07, 6.45) is 0.493. The van der Waals surface area contributed by atoms with Crippen molar-refractivity contribution in [3.63, 3.8) is 0 Å². The largest absolute Gasteiger partial charge is 0.326 e. The molecule has 94 valence electrons. The maximum Gasteiger partial charge on any atom is 0.225 e. The van der Waals surface area contributed by atoms with Gasteiger partial charge in [0.1, 0.15) is 0 Å². The number of nitrogens with one attached hydrogen (secondary N) is 2. The molecule has 2 N–H and O–H groups in total. The van der Waals surface area contributed by atoms with Gasteiger partial charge in [0.25, 0.3) is 0 Å². The Morgan fingerprint density at radius 2 is 2.12 bits per heavy atom. The molecule has 0 saturated carbocycles. The minimum absolute atomic E-state index is 0.0415. The fourth-order valence-corrected chi connectivity index (χ4v) is 1.67. The summed E-state index contributed by atoms with van der Waals surface area (Å²) in [5, 5.41) is 6.10. The van der Waals surface area contributed by atoms with E-state index in [9.17, 15) is 4.79 Å². The van der Waals surface area contributed by atoms with Crippen LogP contribution in [0.3, 0.4) is 0 Å². The standard InChI is InChI=1S/C13H19BrN2O/c1-9(2)15-7-6-13(17)16-11-4-5-12(14)10(3)8-11/h4-5,8-9,15H,6-7H2,1-3H3,(H,16,17). The van der Waals surface area contributed by atoms with Crippen molar-refractivity contribution in [2.75, 3.05) is 11.9 Å². The summed E-state index contributed by atoms with van der Waals surface area (Å²) in [6.45, 7) is 6.84. The third kappa shape index (κ3) is 5.33. The number of amides is 1. The number of carbonyl (C=O) groups excluding carboxylic acids is 1. The van der Waals surface area contributed by atoms with E-state index in [0.717, 1.165) is 15.7 Å². The molecule has 0 aliphatic carbocycles. The van der Waals surface area contributed by atoms with Gasteiger partial charge in [-0.25, -0.2) is 0 Å². The first-order valence-corrected chi connectivity index (χ1v) is 6.57. The Morgan fingerprint density at radius 1 is 1.41 bits per heavy atom. The molecule has 0 aromatic heterocycles. The molecule has 3 nitrogen and oxygen atoms in total. The summed E-state index contributed by atoms with van der Waals surface area (Å²) in [5.74, 6) is 0.0415. The highest BCUT2D eigenvalue weighted by atomic mass is 79.9. The zero-order chi connectivity index (χ0) is 12.8. The number of aryl methyl sites for hydroxylation is 1. The summed E-state index contributed by atoms with van der Waals surface area (Å²) in [6, 6.07) is 6.21. The van der Waals surface area contributed by atoms with Crippen molar-refractivity contribution >= 4 is 27.5 Å². The molecule has 0 radical (unpaired) electrons. The Morgan fingerprint density at radius 3 is 2.71 bits per heavy atom. The molecule has 0 atom stereocenters. The fourth-order valence-electron chi connectivity index (χ4n) is 1.42. The lowest BCUT2D eigenvalue weighted by molar-refractivity contribution is -0.116. The molecule has 0 heterocycles. The summed E-state index contributed by atoms with van der Waals surface area (Å²) >= 11 is 3.43. The molecular formula is C13H19BrN2O. The van der Waals surface area contributed by atoms with Crippen LogP contribution in [0.1, 0.15) is 25.8 Å². The average Bonchev–Trinajstić information content (AvgIpc) is 2.23. The Bertz CT molecular complexity index is 391. The molecule has 0 aliphatic heterocycles. The molecule has 0 aliphatic rings. The Hall–Kier alpha value is -0.870. The quantitative estimate of drug-likeness (QED) is 0.877. The van der Waals surface area contributed by atoms with E-state index in [2.05, 4.69) is 40.4 Å². The van der Waals surface area contributed by atoms with Crippen LogP contribution in [-0.4, -0.2) is 18.5 Å². The third-order valence-electron chi connectivity index (χ3n) is 2.35. The van der Waals surface area contributed by atoms with Crippen LogP contribution in [0, 0.1) is 6.92 Å². The first-order valence-electron chi connectivity index (χ1n) is 5.78. The van der Waals surface area contributed by atoms with Crippen LogP contribution in [0.2, 0.25) is 0 Å². The molecule has 1 amide bonds. The van der Waals surface area contributed by atoms with Gasteiger partial charge < -0.3 is 10.6 Å². The van der Waals surface area contributed by atoms with Crippen molar-refractivity contribution in [1.29, 1.82) is 0 Å². The first-order chi connectivity index (χ1) is 7.99. The second kappa shape index (κ2) is 6.77. The first kappa shape index (κ1) is 14.2. The predicted octanol–water partition coefficient (Wildman–Crippen LogP) is 3.08. The highest BCUT2D eigenvalue weighted by molar-refractivity contribution is 9.10. The topological polar surface area (TPSA) is 41.1 Å². The molecule has 0 saturated heterocycles. The zero-order valence-corrected chi connectivity index (χ0v) is 12.1. The molecule has 1 aromatic carbocycles. The van der Waals surface area contributed by atoms with Gasteiger partial charge in [0, 0.05) is 29.2 Å². The SMILES string of the molecule is Cc1cc(NC(=O)CCNC(C)C)ccc1Br. The van der Waals surface area contributed by atoms with Gasteiger partial charge in [-0.1, -0.05) is 29.8 Å². The van der Waals surface area contributed by atoms with Crippen molar-refractivity contribution in [2.24, 2.45) is 0 Å². The number of hydrogen-bond donors (Lipinski definition) is 2. The number of hydrogen-bond acceptors (Lipinski definition) is 2. The summed E-state index contributed by atoms with van der Waals surface area (Å²) < 4.78 is 1.05.